The predicted molar refractivity (Wildman–Crippen MR) is 56.1 cm³/mol. The molecule has 1 aromatic heterocycles. The van der Waals surface area contributed by atoms with Gasteiger partial charge in [0.2, 0.25) is 0 Å². The van der Waals surface area contributed by atoms with Crippen LogP contribution in [0.5, 0.6) is 5.75 Å². The van der Waals surface area contributed by atoms with Crippen LogP contribution in [0.15, 0.2) is 47.1 Å². The first-order valence-electron chi connectivity index (χ1n) is 4.65. The molecule has 0 spiro atoms. The molecule has 2 rings (SSSR count). The summed E-state index contributed by atoms with van der Waals surface area (Å²) >= 11 is 0. The molecular formula is C11H9NO4. The molecule has 1 heterocycles. The van der Waals surface area contributed by atoms with E-state index in [1.54, 1.807) is 30.5 Å². The molecule has 1 aromatic carbocycles. The van der Waals surface area contributed by atoms with Crippen molar-refractivity contribution >= 4 is 5.69 Å². The van der Waals surface area contributed by atoms with Gasteiger partial charge < -0.3 is 9.15 Å². The smallest absolute Gasteiger partial charge is 0.269 e. The third-order valence-corrected chi connectivity index (χ3v) is 2.01. The van der Waals surface area contributed by atoms with Crippen molar-refractivity contribution in [2.75, 3.05) is 0 Å². The van der Waals surface area contributed by atoms with Crippen molar-refractivity contribution in [1.82, 2.24) is 0 Å². The summed E-state index contributed by atoms with van der Waals surface area (Å²) in [6.07, 6.45) is 1.56. The lowest BCUT2D eigenvalue weighted by atomic mass is 10.3. The summed E-state index contributed by atoms with van der Waals surface area (Å²) in [7, 11) is 0. The molecule has 0 amide bonds. The molecule has 0 bridgehead atoms. The number of nitrogens with zero attached hydrogens (tertiary/aromatic N) is 1. The van der Waals surface area contributed by atoms with Crippen LogP contribution < -0.4 is 4.74 Å². The first-order valence-corrected chi connectivity index (χ1v) is 4.65. The van der Waals surface area contributed by atoms with Gasteiger partial charge in [0.15, 0.2) is 0 Å². The van der Waals surface area contributed by atoms with Gasteiger partial charge in [-0.1, -0.05) is 0 Å². The van der Waals surface area contributed by atoms with Crippen LogP contribution in [0.4, 0.5) is 5.69 Å². The molecule has 5 heteroatoms. The fraction of sp³-hybridized carbons (Fsp3) is 0.0909. The van der Waals surface area contributed by atoms with E-state index < -0.39 is 4.92 Å². The van der Waals surface area contributed by atoms with Crippen molar-refractivity contribution in [2.24, 2.45) is 0 Å². The highest BCUT2D eigenvalue weighted by atomic mass is 16.6. The SMILES string of the molecule is O=[N+]([O-])c1ccc(OCc2ccco2)cc1. The van der Waals surface area contributed by atoms with Gasteiger partial charge in [-0.05, 0) is 24.3 Å². The maximum Gasteiger partial charge on any atom is 0.269 e. The summed E-state index contributed by atoms with van der Waals surface area (Å²) in [4.78, 5) is 9.96. The molecule has 2 aromatic rings. The van der Waals surface area contributed by atoms with Gasteiger partial charge in [0, 0.05) is 12.1 Å². The summed E-state index contributed by atoms with van der Waals surface area (Å²) in [5.41, 5.74) is 0.0466. The third-order valence-electron chi connectivity index (χ3n) is 2.01. The highest BCUT2D eigenvalue weighted by Crippen LogP contribution is 2.18. The van der Waals surface area contributed by atoms with Gasteiger partial charge in [0.25, 0.3) is 5.69 Å². The van der Waals surface area contributed by atoms with Gasteiger partial charge in [-0.25, -0.2) is 0 Å². The largest absolute Gasteiger partial charge is 0.486 e. The van der Waals surface area contributed by atoms with Crippen LogP contribution in [0.25, 0.3) is 0 Å². The third kappa shape index (κ3) is 2.38. The minimum atomic E-state index is -0.448. The van der Waals surface area contributed by atoms with Crippen LogP contribution in [0.1, 0.15) is 5.76 Å². The molecule has 0 unspecified atom stereocenters. The number of nitro benzene ring substituents is 1. The van der Waals surface area contributed by atoms with Crippen LogP contribution in [-0.4, -0.2) is 4.92 Å². The molecule has 5 nitrogen and oxygen atoms in total. The van der Waals surface area contributed by atoms with Gasteiger partial charge in [0.1, 0.15) is 18.1 Å². The number of non-ortho nitro benzene ring substituents is 1. The standard InChI is InChI=1S/C11H9NO4/c13-12(14)9-3-5-10(6-4-9)16-8-11-2-1-7-15-11/h1-7H,8H2. The first kappa shape index (κ1) is 10.2. The first-order chi connectivity index (χ1) is 7.75. The van der Waals surface area contributed by atoms with E-state index in [1.807, 2.05) is 0 Å². The van der Waals surface area contributed by atoms with Gasteiger partial charge in [-0.2, -0.15) is 0 Å². The van der Waals surface area contributed by atoms with E-state index in [1.165, 1.54) is 12.1 Å². The van der Waals surface area contributed by atoms with Crippen LogP contribution in [-0.2, 0) is 6.61 Å². The van der Waals surface area contributed by atoms with Gasteiger partial charge >= 0.3 is 0 Å². The molecule has 0 N–H and O–H groups in total. The molecule has 0 aliphatic rings. The average Bonchev–Trinajstić information content (AvgIpc) is 2.80. The second-order valence-electron chi connectivity index (χ2n) is 3.12. The zero-order chi connectivity index (χ0) is 11.4. The van der Waals surface area contributed by atoms with Gasteiger partial charge in [0.05, 0.1) is 11.2 Å². The number of nitro groups is 1. The Kier molecular flexibility index (Phi) is 2.86. The number of rotatable bonds is 4. The zero-order valence-corrected chi connectivity index (χ0v) is 8.33. The second kappa shape index (κ2) is 4.48. The molecular weight excluding hydrogens is 210 g/mol. The molecule has 0 saturated carbocycles. The average molecular weight is 219 g/mol. The topological polar surface area (TPSA) is 65.5 Å². The van der Waals surface area contributed by atoms with Crippen LogP contribution in [0.2, 0.25) is 0 Å². The van der Waals surface area contributed by atoms with E-state index in [4.69, 9.17) is 9.15 Å². The number of ether oxygens (including phenoxy) is 1. The van der Waals surface area contributed by atoms with Crippen LogP contribution in [0, 0.1) is 10.1 Å². The van der Waals surface area contributed by atoms with Gasteiger partial charge in [-0.15, -0.1) is 0 Å². The lowest BCUT2D eigenvalue weighted by Gasteiger charge is -2.02. The number of benzene rings is 1. The van der Waals surface area contributed by atoms with E-state index in [0.29, 0.717) is 18.1 Å². The summed E-state index contributed by atoms with van der Waals surface area (Å²) in [5.74, 6) is 1.28. The second-order valence-corrected chi connectivity index (χ2v) is 3.12. The van der Waals surface area contributed by atoms with E-state index in [0.717, 1.165) is 0 Å². The van der Waals surface area contributed by atoms with Crippen LogP contribution in [0.3, 0.4) is 0 Å². The lowest BCUT2D eigenvalue weighted by molar-refractivity contribution is -0.384. The summed E-state index contributed by atoms with van der Waals surface area (Å²) in [6.45, 7) is 0.310. The molecule has 0 radical (unpaired) electrons. The minimum Gasteiger partial charge on any atom is -0.486 e. The Morgan fingerprint density at radius 3 is 2.56 bits per heavy atom. The highest BCUT2D eigenvalue weighted by molar-refractivity contribution is 5.35. The van der Waals surface area contributed by atoms with Crippen molar-refractivity contribution in [3.05, 3.63) is 58.5 Å². The van der Waals surface area contributed by atoms with E-state index in [2.05, 4.69) is 0 Å². The fourth-order valence-corrected chi connectivity index (χ4v) is 1.21. The monoisotopic (exact) mass is 219 g/mol. The van der Waals surface area contributed by atoms with E-state index in [-0.39, 0.29) is 5.69 Å². The summed E-state index contributed by atoms with van der Waals surface area (Å²) < 4.78 is 10.5. The number of furan rings is 1. The quantitative estimate of drug-likeness (QED) is 0.585. The van der Waals surface area contributed by atoms with E-state index in [9.17, 15) is 10.1 Å². The van der Waals surface area contributed by atoms with Crippen molar-refractivity contribution in [3.63, 3.8) is 0 Å². The number of hydrogen-bond acceptors (Lipinski definition) is 4. The Labute approximate surface area is 91.4 Å². The number of hydrogen-bond donors (Lipinski definition) is 0. The van der Waals surface area contributed by atoms with Crippen molar-refractivity contribution in [1.29, 1.82) is 0 Å². The normalized spacial score (nSPS) is 10.0. The van der Waals surface area contributed by atoms with Crippen molar-refractivity contribution < 1.29 is 14.1 Å². The molecule has 16 heavy (non-hydrogen) atoms. The molecule has 0 aliphatic heterocycles. The molecule has 0 atom stereocenters. The summed E-state index contributed by atoms with van der Waals surface area (Å²) in [5, 5.41) is 10.4. The molecule has 0 fully saturated rings. The maximum atomic E-state index is 10.4. The molecule has 0 saturated heterocycles. The minimum absolute atomic E-state index is 0.0466. The predicted octanol–water partition coefficient (Wildman–Crippen LogP) is 2.77. The summed E-state index contributed by atoms with van der Waals surface area (Å²) in [6, 6.07) is 9.48. The van der Waals surface area contributed by atoms with Crippen molar-refractivity contribution in [2.45, 2.75) is 6.61 Å². The fourth-order valence-electron chi connectivity index (χ4n) is 1.21. The van der Waals surface area contributed by atoms with Gasteiger partial charge in [-0.3, -0.25) is 10.1 Å². The van der Waals surface area contributed by atoms with E-state index >= 15 is 0 Å². The Morgan fingerprint density at radius 1 is 1.25 bits per heavy atom. The maximum absolute atomic E-state index is 10.4. The zero-order valence-electron chi connectivity index (χ0n) is 8.33. The van der Waals surface area contributed by atoms with Crippen molar-refractivity contribution in [3.8, 4) is 5.75 Å². The lowest BCUT2D eigenvalue weighted by Crippen LogP contribution is -1.94. The Morgan fingerprint density at radius 2 is 2.00 bits per heavy atom. The Balaban J connectivity index is 1.98. The molecule has 82 valence electrons. The van der Waals surface area contributed by atoms with Crippen LogP contribution >= 0.6 is 0 Å². The highest BCUT2D eigenvalue weighted by Gasteiger charge is 2.04. The molecule has 0 aliphatic carbocycles. The Bertz CT molecular complexity index is 461. The Hall–Kier alpha value is -2.30.